The quantitative estimate of drug-likeness (QED) is 0.644. The summed E-state index contributed by atoms with van der Waals surface area (Å²) in [6.07, 6.45) is -0.678. The number of nitrogens with zero attached hydrogens (tertiary/aromatic N) is 1. The fourth-order valence-electron chi connectivity index (χ4n) is 0.569. The van der Waals surface area contributed by atoms with Crippen LogP contribution >= 0.6 is 0 Å². The highest BCUT2D eigenvalue weighted by Crippen LogP contribution is 2.08. The summed E-state index contributed by atoms with van der Waals surface area (Å²) in [5, 5.41) is 0. The van der Waals surface area contributed by atoms with E-state index in [-0.39, 0.29) is 6.54 Å². The van der Waals surface area contributed by atoms with Gasteiger partial charge in [-0.3, -0.25) is 4.79 Å². The molecule has 0 fully saturated rings. The number of imide groups is 1. The molecule has 0 saturated heterocycles. The molecule has 13 heavy (non-hydrogen) atoms. The number of hydrogen-bond donors (Lipinski definition) is 1. The van der Waals surface area contributed by atoms with E-state index in [9.17, 15) is 9.59 Å². The van der Waals surface area contributed by atoms with Crippen molar-refractivity contribution in [1.82, 2.24) is 4.90 Å². The van der Waals surface area contributed by atoms with Crippen LogP contribution in [0.2, 0.25) is 0 Å². The molecule has 0 radical (unpaired) electrons. The lowest BCUT2D eigenvalue weighted by atomic mass is 10.2. The van der Waals surface area contributed by atoms with Gasteiger partial charge in [0.15, 0.2) is 0 Å². The minimum atomic E-state index is -0.678. The van der Waals surface area contributed by atoms with Crippen molar-refractivity contribution < 1.29 is 14.3 Å². The van der Waals surface area contributed by atoms with Crippen LogP contribution in [0.15, 0.2) is 0 Å². The third-order valence-corrected chi connectivity index (χ3v) is 1.22. The Labute approximate surface area is 77.8 Å². The first kappa shape index (κ1) is 11.9. The largest absolute Gasteiger partial charge is 0.443 e. The molecule has 2 N–H and O–H groups in total. The number of nitrogens with two attached hydrogens (primary N) is 1. The Morgan fingerprint density at radius 2 is 1.85 bits per heavy atom. The molecule has 0 aromatic rings. The van der Waals surface area contributed by atoms with Crippen LogP contribution in [0.5, 0.6) is 0 Å². The van der Waals surface area contributed by atoms with Gasteiger partial charge in [-0.25, -0.2) is 9.69 Å². The van der Waals surface area contributed by atoms with Crippen molar-refractivity contribution in [2.45, 2.75) is 26.4 Å². The maximum atomic E-state index is 11.2. The lowest BCUT2D eigenvalue weighted by Gasteiger charge is -2.23. The summed E-state index contributed by atoms with van der Waals surface area (Å²) >= 11 is 0. The van der Waals surface area contributed by atoms with Gasteiger partial charge in [-0.15, -0.1) is 0 Å². The zero-order chi connectivity index (χ0) is 10.6. The summed E-state index contributed by atoms with van der Waals surface area (Å²) in [5.41, 5.74) is 4.48. The summed E-state index contributed by atoms with van der Waals surface area (Å²) in [7, 11) is 1.34. The van der Waals surface area contributed by atoms with Crippen molar-refractivity contribution in [3.05, 3.63) is 0 Å². The molecule has 0 unspecified atom stereocenters. The van der Waals surface area contributed by atoms with Crippen LogP contribution in [0, 0.1) is 0 Å². The molecule has 0 atom stereocenters. The third-order valence-electron chi connectivity index (χ3n) is 1.22. The van der Waals surface area contributed by atoms with Gasteiger partial charge in [0.05, 0.1) is 6.54 Å². The normalized spacial score (nSPS) is 10.8. The second kappa shape index (κ2) is 4.23. The molecular weight excluding hydrogens is 172 g/mol. The molecular formula is C8H16N2O3. The number of likely N-dealkylation sites (N-methyl/N-ethyl adjacent to an activating group) is 1. The van der Waals surface area contributed by atoms with Gasteiger partial charge in [0, 0.05) is 7.05 Å². The van der Waals surface area contributed by atoms with E-state index in [2.05, 4.69) is 0 Å². The Bertz CT molecular complexity index is 208. The average molecular weight is 188 g/mol. The van der Waals surface area contributed by atoms with Crippen LogP contribution in [-0.4, -0.2) is 36.1 Å². The highest BCUT2D eigenvalue weighted by Gasteiger charge is 2.22. The molecule has 76 valence electrons. The van der Waals surface area contributed by atoms with Gasteiger partial charge in [0.1, 0.15) is 5.60 Å². The summed E-state index contributed by atoms with van der Waals surface area (Å²) < 4.78 is 4.93. The van der Waals surface area contributed by atoms with Gasteiger partial charge < -0.3 is 10.5 Å². The average Bonchev–Trinajstić information content (AvgIpc) is 1.98. The maximum absolute atomic E-state index is 11.2. The molecule has 0 saturated carbocycles. The van der Waals surface area contributed by atoms with Crippen LogP contribution in [0.1, 0.15) is 20.8 Å². The van der Waals surface area contributed by atoms with Gasteiger partial charge in [-0.1, -0.05) is 0 Å². The van der Waals surface area contributed by atoms with Gasteiger partial charge >= 0.3 is 6.09 Å². The number of carbonyl (C=O) groups excluding carboxylic acids is 2. The van der Waals surface area contributed by atoms with Crippen molar-refractivity contribution >= 4 is 12.0 Å². The number of ether oxygens (including phenoxy) is 1. The lowest BCUT2D eigenvalue weighted by Crippen LogP contribution is -2.40. The zero-order valence-electron chi connectivity index (χ0n) is 8.46. The van der Waals surface area contributed by atoms with Crippen LogP contribution in [0.4, 0.5) is 4.79 Å². The van der Waals surface area contributed by atoms with E-state index < -0.39 is 17.6 Å². The van der Waals surface area contributed by atoms with Gasteiger partial charge in [0.2, 0.25) is 5.91 Å². The van der Waals surface area contributed by atoms with Gasteiger partial charge in [-0.2, -0.15) is 0 Å². The summed E-state index contributed by atoms with van der Waals surface area (Å²) in [6.45, 7) is 4.98. The zero-order valence-corrected chi connectivity index (χ0v) is 8.46. The smallest absolute Gasteiger partial charge is 0.416 e. The summed E-state index contributed by atoms with van der Waals surface area (Å²) in [5.74, 6) is -0.464. The maximum Gasteiger partial charge on any atom is 0.416 e. The van der Waals surface area contributed by atoms with Crippen LogP contribution < -0.4 is 5.73 Å². The highest BCUT2D eigenvalue weighted by atomic mass is 16.6. The molecule has 0 spiro atoms. The second-order valence-electron chi connectivity index (χ2n) is 3.64. The first-order chi connectivity index (χ1) is 5.78. The predicted octanol–water partition coefficient (Wildman–Crippen LogP) is 0.339. The SMILES string of the molecule is CN(C(=O)CN)C(=O)OC(C)(C)C. The molecule has 0 aromatic heterocycles. The fraction of sp³-hybridized carbons (Fsp3) is 0.750. The van der Waals surface area contributed by atoms with Gasteiger partial charge in [-0.05, 0) is 20.8 Å². The van der Waals surface area contributed by atoms with Crippen molar-refractivity contribution in [1.29, 1.82) is 0 Å². The molecule has 5 nitrogen and oxygen atoms in total. The van der Waals surface area contributed by atoms with Gasteiger partial charge in [0.25, 0.3) is 0 Å². The number of hydrogen-bond acceptors (Lipinski definition) is 4. The molecule has 2 amide bonds. The van der Waals surface area contributed by atoms with E-state index in [0.29, 0.717) is 0 Å². The third kappa shape index (κ3) is 4.47. The Hall–Kier alpha value is -1.10. The Morgan fingerprint density at radius 1 is 1.38 bits per heavy atom. The molecule has 0 rings (SSSR count). The Morgan fingerprint density at radius 3 is 2.15 bits per heavy atom. The molecule has 0 aromatic carbocycles. The summed E-state index contributed by atoms with van der Waals surface area (Å²) in [4.78, 5) is 23.0. The summed E-state index contributed by atoms with van der Waals surface area (Å²) in [6, 6.07) is 0. The van der Waals surface area contributed by atoms with Crippen LogP contribution in [-0.2, 0) is 9.53 Å². The number of rotatable bonds is 1. The highest BCUT2D eigenvalue weighted by molar-refractivity contribution is 5.92. The molecule has 0 heterocycles. The van der Waals surface area contributed by atoms with E-state index in [1.807, 2.05) is 0 Å². The molecule has 0 bridgehead atoms. The van der Waals surface area contributed by atoms with Crippen LogP contribution in [0.3, 0.4) is 0 Å². The van der Waals surface area contributed by atoms with E-state index in [1.165, 1.54) is 7.05 Å². The number of carbonyl (C=O) groups is 2. The van der Waals surface area contributed by atoms with Crippen LogP contribution in [0.25, 0.3) is 0 Å². The fourth-order valence-corrected chi connectivity index (χ4v) is 0.569. The first-order valence-electron chi connectivity index (χ1n) is 3.97. The monoisotopic (exact) mass is 188 g/mol. The second-order valence-corrected chi connectivity index (χ2v) is 3.64. The Balaban J connectivity index is 4.20. The topological polar surface area (TPSA) is 72.6 Å². The predicted molar refractivity (Wildman–Crippen MR) is 48.1 cm³/mol. The van der Waals surface area contributed by atoms with E-state index in [1.54, 1.807) is 20.8 Å². The van der Waals surface area contributed by atoms with Crippen molar-refractivity contribution in [3.8, 4) is 0 Å². The first-order valence-corrected chi connectivity index (χ1v) is 3.97. The van der Waals surface area contributed by atoms with E-state index in [0.717, 1.165) is 4.90 Å². The van der Waals surface area contributed by atoms with E-state index >= 15 is 0 Å². The minimum Gasteiger partial charge on any atom is -0.443 e. The standard InChI is InChI=1S/C8H16N2O3/c1-8(2,3)13-7(12)10(4)6(11)5-9/h5,9H2,1-4H3. The molecule has 0 aliphatic heterocycles. The molecule has 0 aliphatic carbocycles. The molecule has 0 aliphatic rings. The Kier molecular flexibility index (Phi) is 3.87. The van der Waals surface area contributed by atoms with Crippen molar-refractivity contribution in [3.63, 3.8) is 0 Å². The van der Waals surface area contributed by atoms with Crippen molar-refractivity contribution in [2.24, 2.45) is 5.73 Å². The van der Waals surface area contributed by atoms with E-state index in [4.69, 9.17) is 10.5 Å². The minimum absolute atomic E-state index is 0.199. The number of amides is 2. The lowest BCUT2D eigenvalue weighted by molar-refractivity contribution is -0.127. The molecule has 5 heteroatoms. The van der Waals surface area contributed by atoms with Crippen molar-refractivity contribution in [2.75, 3.05) is 13.6 Å².